The van der Waals surface area contributed by atoms with Gasteiger partial charge < -0.3 is 10.6 Å². The highest BCUT2D eigenvalue weighted by atomic mass is 32.2. The summed E-state index contributed by atoms with van der Waals surface area (Å²) in [6.45, 7) is 4.19. The van der Waals surface area contributed by atoms with Crippen LogP contribution in [-0.2, 0) is 9.59 Å². The van der Waals surface area contributed by atoms with Crippen LogP contribution in [0.25, 0.3) is 0 Å². The standard InChI is InChI=1S/C15H23N3O2S/c1-11(2)16-14(19)9-18(3)10-15(20)17-12-7-5-6-8-13(12)21-4/h5-8,11H,9-10H2,1-4H3,(H,16,19)(H,17,20). The maximum Gasteiger partial charge on any atom is 0.238 e. The fraction of sp³-hybridized carbons (Fsp3) is 0.467. The van der Waals surface area contributed by atoms with Gasteiger partial charge in [0.2, 0.25) is 11.8 Å². The van der Waals surface area contributed by atoms with Gasteiger partial charge in [-0.25, -0.2) is 0 Å². The van der Waals surface area contributed by atoms with Gasteiger partial charge in [0, 0.05) is 10.9 Å². The smallest absolute Gasteiger partial charge is 0.238 e. The number of thioether (sulfide) groups is 1. The van der Waals surface area contributed by atoms with Crippen LogP contribution in [0.1, 0.15) is 13.8 Å². The van der Waals surface area contributed by atoms with E-state index in [1.54, 1.807) is 23.7 Å². The number of amides is 2. The van der Waals surface area contributed by atoms with E-state index in [4.69, 9.17) is 0 Å². The molecule has 0 heterocycles. The fourth-order valence-corrected chi connectivity index (χ4v) is 2.41. The van der Waals surface area contributed by atoms with E-state index >= 15 is 0 Å². The van der Waals surface area contributed by atoms with Crippen molar-refractivity contribution < 1.29 is 9.59 Å². The normalized spacial score (nSPS) is 10.8. The van der Waals surface area contributed by atoms with Gasteiger partial charge in [-0.3, -0.25) is 14.5 Å². The van der Waals surface area contributed by atoms with Crippen LogP contribution in [0.3, 0.4) is 0 Å². The van der Waals surface area contributed by atoms with Gasteiger partial charge >= 0.3 is 0 Å². The highest BCUT2D eigenvalue weighted by Crippen LogP contribution is 2.24. The molecular formula is C15H23N3O2S. The number of carbonyl (C=O) groups is 2. The lowest BCUT2D eigenvalue weighted by atomic mass is 10.3. The van der Waals surface area contributed by atoms with Crippen molar-refractivity contribution in [2.75, 3.05) is 31.7 Å². The van der Waals surface area contributed by atoms with Crippen LogP contribution in [0, 0.1) is 0 Å². The number of likely N-dealkylation sites (N-methyl/N-ethyl adjacent to an activating group) is 1. The molecule has 0 unspecified atom stereocenters. The number of hydrogen-bond donors (Lipinski definition) is 2. The number of anilines is 1. The number of carbonyl (C=O) groups excluding carboxylic acids is 2. The van der Waals surface area contributed by atoms with Gasteiger partial charge in [0.1, 0.15) is 0 Å². The van der Waals surface area contributed by atoms with Crippen molar-refractivity contribution in [3.8, 4) is 0 Å². The molecule has 1 rings (SSSR count). The van der Waals surface area contributed by atoms with E-state index in [0.717, 1.165) is 10.6 Å². The average Bonchev–Trinajstić information content (AvgIpc) is 2.37. The Hall–Kier alpha value is -1.53. The first-order valence-electron chi connectivity index (χ1n) is 6.83. The molecule has 0 atom stereocenters. The van der Waals surface area contributed by atoms with Crippen LogP contribution < -0.4 is 10.6 Å². The maximum atomic E-state index is 12.0. The molecule has 0 aliphatic rings. The van der Waals surface area contributed by atoms with E-state index in [1.165, 1.54) is 0 Å². The number of benzene rings is 1. The minimum Gasteiger partial charge on any atom is -0.353 e. The minimum absolute atomic E-state index is 0.0789. The second-order valence-electron chi connectivity index (χ2n) is 5.14. The molecule has 2 amide bonds. The Morgan fingerprint density at radius 2 is 1.81 bits per heavy atom. The van der Waals surface area contributed by atoms with Crippen LogP contribution >= 0.6 is 11.8 Å². The number of nitrogens with one attached hydrogen (secondary N) is 2. The summed E-state index contributed by atoms with van der Waals surface area (Å²) in [4.78, 5) is 26.3. The molecule has 1 aromatic rings. The fourth-order valence-electron chi connectivity index (χ4n) is 1.85. The zero-order valence-electron chi connectivity index (χ0n) is 13.0. The lowest BCUT2D eigenvalue weighted by Gasteiger charge is -2.17. The Balaban J connectivity index is 2.48. The number of nitrogens with zero attached hydrogens (tertiary/aromatic N) is 1. The Labute approximate surface area is 130 Å². The molecule has 0 saturated carbocycles. The molecule has 6 heteroatoms. The molecule has 0 bridgehead atoms. The van der Waals surface area contributed by atoms with Gasteiger partial charge in [0.25, 0.3) is 0 Å². The van der Waals surface area contributed by atoms with E-state index in [9.17, 15) is 9.59 Å². The number of para-hydroxylation sites is 1. The first-order chi connectivity index (χ1) is 9.92. The molecule has 116 valence electrons. The molecule has 0 fully saturated rings. The van der Waals surface area contributed by atoms with Gasteiger partial charge in [0.05, 0.1) is 18.8 Å². The zero-order chi connectivity index (χ0) is 15.8. The largest absolute Gasteiger partial charge is 0.353 e. The summed E-state index contributed by atoms with van der Waals surface area (Å²) in [5, 5.41) is 5.67. The van der Waals surface area contributed by atoms with Crippen molar-refractivity contribution in [1.29, 1.82) is 0 Å². The summed E-state index contributed by atoms with van der Waals surface area (Å²) in [6.07, 6.45) is 1.97. The summed E-state index contributed by atoms with van der Waals surface area (Å²) >= 11 is 1.58. The van der Waals surface area contributed by atoms with Crippen LogP contribution in [0.4, 0.5) is 5.69 Å². The van der Waals surface area contributed by atoms with E-state index < -0.39 is 0 Å². The Morgan fingerprint density at radius 3 is 2.43 bits per heavy atom. The maximum absolute atomic E-state index is 12.0. The van der Waals surface area contributed by atoms with Crippen LogP contribution in [0.15, 0.2) is 29.2 Å². The Bertz CT molecular complexity index is 492. The Kier molecular flexibility index (Phi) is 7.25. The molecule has 2 N–H and O–H groups in total. The Morgan fingerprint density at radius 1 is 1.19 bits per heavy atom. The summed E-state index contributed by atoms with van der Waals surface area (Å²) in [5.41, 5.74) is 0.801. The van der Waals surface area contributed by atoms with E-state index in [1.807, 2.05) is 44.4 Å². The third-order valence-corrected chi connectivity index (χ3v) is 3.45. The second kappa shape index (κ2) is 8.69. The molecule has 0 aromatic heterocycles. The quantitative estimate of drug-likeness (QED) is 0.754. The molecule has 0 aliphatic carbocycles. The molecule has 0 spiro atoms. The third kappa shape index (κ3) is 6.64. The average molecular weight is 309 g/mol. The van der Waals surface area contributed by atoms with Gasteiger partial charge in [-0.1, -0.05) is 12.1 Å². The van der Waals surface area contributed by atoms with Crippen LogP contribution in [0.2, 0.25) is 0 Å². The molecule has 1 aromatic carbocycles. The lowest BCUT2D eigenvalue weighted by molar-refractivity contribution is -0.123. The summed E-state index contributed by atoms with van der Waals surface area (Å²) in [5.74, 6) is -0.207. The molecule has 0 saturated heterocycles. The second-order valence-corrected chi connectivity index (χ2v) is 5.99. The molecule has 0 aliphatic heterocycles. The molecular weight excluding hydrogens is 286 g/mol. The molecule has 5 nitrogen and oxygen atoms in total. The van der Waals surface area contributed by atoms with Gasteiger partial charge in [0.15, 0.2) is 0 Å². The van der Waals surface area contributed by atoms with Gasteiger partial charge in [-0.15, -0.1) is 11.8 Å². The highest BCUT2D eigenvalue weighted by Gasteiger charge is 2.12. The molecule has 21 heavy (non-hydrogen) atoms. The summed E-state index contributed by atoms with van der Waals surface area (Å²) in [7, 11) is 1.75. The first kappa shape index (κ1) is 17.5. The minimum atomic E-state index is -0.128. The number of hydrogen-bond acceptors (Lipinski definition) is 4. The van der Waals surface area contributed by atoms with Crippen molar-refractivity contribution in [2.45, 2.75) is 24.8 Å². The van der Waals surface area contributed by atoms with Crippen LogP contribution in [-0.4, -0.2) is 49.1 Å². The SMILES string of the molecule is CSc1ccccc1NC(=O)CN(C)CC(=O)NC(C)C. The monoisotopic (exact) mass is 309 g/mol. The van der Waals surface area contributed by atoms with Gasteiger partial charge in [-0.2, -0.15) is 0 Å². The highest BCUT2D eigenvalue weighted by molar-refractivity contribution is 7.98. The van der Waals surface area contributed by atoms with Crippen molar-refractivity contribution in [3.05, 3.63) is 24.3 Å². The first-order valence-corrected chi connectivity index (χ1v) is 8.05. The summed E-state index contributed by atoms with van der Waals surface area (Å²) in [6, 6.07) is 7.75. The predicted molar refractivity (Wildman–Crippen MR) is 87.6 cm³/mol. The topological polar surface area (TPSA) is 61.4 Å². The lowest BCUT2D eigenvalue weighted by Crippen LogP contribution is -2.41. The van der Waals surface area contributed by atoms with Crippen molar-refractivity contribution >= 4 is 29.3 Å². The van der Waals surface area contributed by atoms with Crippen molar-refractivity contribution in [1.82, 2.24) is 10.2 Å². The summed E-state index contributed by atoms with van der Waals surface area (Å²) < 4.78 is 0. The van der Waals surface area contributed by atoms with Crippen molar-refractivity contribution in [3.63, 3.8) is 0 Å². The van der Waals surface area contributed by atoms with Gasteiger partial charge in [-0.05, 0) is 39.3 Å². The number of rotatable bonds is 7. The molecule has 0 radical (unpaired) electrons. The van der Waals surface area contributed by atoms with E-state index in [0.29, 0.717) is 0 Å². The van der Waals surface area contributed by atoms with Crippen molar-refractivity contribution in [2.24, 2.45) is 0 Å². The third-order valence-electron chi connectivity index (χ3n) is 2.66. The van der Waals surface area contributed by atoms with Crippen LogP contribution in [0.5, 0.6) is 0 Å². The predicted octanol–water partition coefficient (Wildman–Crippen LogP) is 1.80. The van der Waals surface area contributed by atoms with E-state index in [-0.39, 0.29) is 30.9 Å². The zero-order valence-corrected chi connectivity index (χ0v) is 13.8. The van der Waals surface area contributed by atoms with E-state index in [2.05, 4.69) is 10.6 Å².